The zero-order valence-electron chi connectivity index (χ0n) is 16.4. The SMILES string of the molecule is CCn1nc(C(=O)N(CCN(C)C)c2nc3ccc(C)cc3s2)cc1C.Cl. The van der Waals surface area contributed by atoms with E-state index in [0.717, 1.165) is 34.1 Å². The van der Waals surface area contributed by atoms with E-state index >= 15 is 0 Å². The monoisotopic (exact) mass is 407 g/mol. The molecule has 0 aliphatic rings. The van der Waals surface area contributed by atoms with Crippen molar-refractivity contribution in [1.82, 2.24) is 19.7 Å². The Morgan fingerprint density at radius 3 is 2.56 bits per heavy atom. The molecule has 0 fully saturated rings. The fourth-order valence-corrected chi connectivity index (χ4v) is 3.88. The number of fused-ring (bicyclic) bond motifs is 1. The van der Waals surface area contributed by atoms with Gasteiger partial charge in [-0.25, -0.2) is 4.98 Å². The van der Waals surface area contributed by atoms with Gasteiger partial charge in [0.2, 0.25) is 0 Å². The van der Waals surface area contributed by atoms with E-state index in [-0.39, 0.29) is 18.3 Å². The average molecular weight is 408 g/mol. The van der Waals surface area contributed by atoms with E-state index in [1.807, 2.05) is 50.8 Å². The molecule has 3 rings (SSSR count). The molecule has 0 saturated heterocycles. The summed E-state index contributed by atoms with van der Waals surface area (Å²) in [6, 6.07) is 8.02. The van der Waals surface area contributed by atoms with E-state index in [2.05, 4.69) is 23.0 Å². The largest absolute Gasteiger partial charge is 0.308 e. The molecule has 0 atom stereocenters. The summed E-state index contributed by atoms with van der Waals surface area (Å²) in [4.78, 5) is 21.7. The molecule has 146 valence electrons. The summed E-state index contributed by atoms with van der Waals surface area (Å²) in [5.74, 6) is -0.0991. The van der Waals surface area contributed by atoms with Crippen LogP contribution in [0.1, 0.15) is 28.7 Å². The van der Waals surface area contributed by atoms with Crippen LogP contribution in [0.3, 0.4) is 0 Å². The van der Waals surface area contributed by atoms with E-state index in [4.69, 9.17) is 4.98 Å². The van der Waals surface area contributed by atoms with Crippen molar-refractivity contribution in [3.63, 3.8) is 0 Å². The van der Waals surface area contributed by atoms with Crippen LogP contribution in [0.25, 0.3) is 10.2 Å². The molecular weight excluding hydrogens is 382 g/mol. The predicted octanol–water partition coefficient (Wildman–Crippen LogP) is 3.76. The first-order chi connectivity index (χ1) is 12.4. The fourth-order valence-electron chi connectivity index (χ4n) is 2.79. The van der Waals surface area contributed by atoms with Crippen molar-refractivity contribution in [2.75, 3.05) is 32.1 Å². The maximum atomic E-state index is 13.2. The molecule has 2 heterocycles. The third-order valence-corrected chi connectivity index (χ3v) is 5.32. The van der Waals surface area contributed by atoms with Crippen LogP contribution in [0, 0.1) is 13.8 Å². The van der Waals surface area contributed by atoms with Crippen LogP contribution in [0.5, 0.6) is 0 Å². The average Bonchev–Trinajstić information content (AvgIpc) is 3.17. The van der Waals surface area contributed by atoms with Crippen molar-refractivity contribution in [3.8, 4) is 0 Å². The molecule has 0 radical (unpaired) electrons. The van der Waals surface area contributed by atoms with Crippen LogP contribution in [0.15, 0.2) is 24.3 Å². The molecule has 0 unspecified atom stereocenters. The van der Waals surface area contributed by atoms with Gasteiger partial charge in [-0.05, 0) is 58.6 Å². The van der Waals surface area contributed by atoms with Crippen molar-refractivity contribution in [2.24, 2.45) is 0 Å². The number of hydrogen-bond acceptors (Lipinski definition) is 5. The van der Waals surface area contributed by atoms with E-state index in [0.29, 0.717) is 12.2 Å². The molecule has 0 spiro atoms. The number of carbonyl (C=O) groups is 1. The van der Waals surface area contributed by atoms with Crippen molar-refractivity contribution in [3.05, 3.63) is 41.2 Å². The number of aromatic nitrogens is 3. The van der Waals surface area contributed by atoms with E-state index < -0.39 is 0 Å². The van der Waals surface area contributed by atoms with Gasteiger partial charge in [0.05, 0.1) is 10.2 Å². The Hall–Kier alpha value is -1.96. The molecule has 1 amide bonds. The first-order valence-electron chi connectivity index (χ1n) is 8.77. The van der Waals surface area contributed by atoms with Crippen LogP contribution in [0.2, 0.25) is 0 Å². The lowest BCUT2D eigenvalue weighted by atomic mass is 10.2. The second-order valence-electron chi connectivity index (χ2n) is 6.71. The van der Waals surface area contributed by atoms with Gasteiger partial charge < -0.3 is 4.90 Å². The number of anilines is 1. The molecule has 0 bridgehead atoms. The Balaban J connectivity index is 0.00000261. The van der Waals surface area contributed by atoms with Crippen LogP contribution in [-0.2, 0) is 6.54 Å². The van der Waals surface area contributed by atoms with Crippen molar-refractivity contribution in [1.29, 1.82) is 0 Å². The molecule has 0 aliphatic heterocycles. The van der Waals surface area contributed by atoms with Crippen LogP contribution >= 0.6 is 23.7 Å². The highest BCUT2D eigenvalue weighted by Gasteiger charge is 2.24. The molecule has 6 nitrogen and oxygen atoms in total. The van der Waals surface area contributed by atoms with Crippen LogP contribution in [-0.4, -0.2) is 52.8 Å². The predicted molar refractivity (Wildman–Crippen MR) is 114 cm³/mol. The second kappa shape index (κ2) is 8.82. The van der Waals surface area contributed by atoms with Gasteiger partial charge >= 0.3 is 0 Å². The Morgan fingerprint density at radius 2 is 1.93 bits per heavy atom. The minimum Gasteiger partial charge on any atom is -0.308 e. The van der Waals surface area contributed by atoms with E-state index in [1.165, 1.54) is 5.56 Å². The number of likely N-dealkylation sites (N-methyl/N-ethyl adjacent to an activating group) is 1. The Kier molecular flexibility index (Phi) is 6.97. The summed E-state index contributed by atoms with van der Waals surface area (Å²) < 4.78 is 2.94. The standard InChI is InChI=1S/C19H25N5OS.ClH/c1-6-24-14(3)12-16(21-24)18(25)23(10-9-22(4)5)19-20-15-8-7-13(2)11-17(15)26-19;/h7-8,11-12H,6,9-10H2,1-5H3;1H. The summed E-state index contributed by atoms with van der Waals surface area (Å²) in [5.41, 5.74) is 3.58. The smallest absolute Gasteiger partial charge is 0.280 e. The number of benzene rings is 1. The van der Waals surface area contributed by atoms with Crippen molar-refractivity contribution >= 4 is 45.0 Å². The Morgan fingerprint density at radius 1 is 1.19 bits per heavy atom. The van der Waals surface area contributed by atoms with Gasteiger partial charge in [0, 0.05) is 25.3 Å². The maximum absolute atomic E-state index is 13.2. The Labute approximate surface area is 170 Å². The number of hydrogen-bond donors (Lipinski definition) is 0. The van der Waals surface area contributed by atoms with Crippen molar-refractivity contribution in [2.45, 2.75) is 27.3 Å². The lowest BCUT2D eigenvalue weighted by molar-refractivity contribution is 0.0979. The minimum absolute atomic E-state index is 0. The lowest BCUT2D eigenvalue weighted by Gasteiger charge is -2.21. The summed E-state index contributed by atoms with van der Waals surface area (Å²) in [5, 5.41) is 5.18. The number of nitrogens with zero attached hydrogens (tertiary/aromatic N) is 5. The molecule has 0 aliphatic carbocycles. The number of halogens is 1. The molecule has 27 heavy (non-hydrogen) atoms. The van der Waals surface area contributed by atoms with Crippen molar-refractivity contribution < 1.29 is 4.79 Å². The maximum Gasteiger partial charge on any atom is 0.280 e. The van der Waals surface area contributed by atoms with Gasteiger partial charge in [-0.2, -0.15) is 5.10 Å². The van der Waals surface area contributed by atoms with Crippen LogP contribution in [0.4, 0.5) is 5.13 Å². The molecular formula is C19H26ClN5OS. The number of amides is 1. The van der Waals surface area contributed by atoms with Gasteiger partial charge in [-0.3, -0.25) is 14.4 Å². The number of rotatable bonds is 6. The van der Waals surface area contributed by atoms with Gasteiger partial charge in [-0.15, -0.1) is 12.4 Å². The topological polar surface area (TPSA) is 54.3 Å². The minimum atomic E-state index is -0.0991. The summed E-state index contributed by atoms with van der Waals surface area (Å²) >= 11 is 1.55. The van der Waals surface area contributed by atoms with Gasteiger partial charge in [0.1, 0.15) is 0 Å². The quantitative estimate of drug-likeness (QED) is 0.624. The van der Waals surface area contributed by atoms with E-state index in [9.17, 15) is 4.79 Å². The summed E-state index contributed by atoms with van der Waals surface area (Å²) in [6.07, 6.45) is 0. The van der Waals surface area contributed by atoms with E-state index in [1.54, 1.807) is 16.2 Å². The number of aryl methyl sites for hydroxylation is 3. The first-order valence-corrected chi connectivity index (χ1v) is 9.59. The lowest BCUT2D eigenvalue weighted by Crippen LogP contribution is -2.37. The fraction of sp³-hybridized carbons (Fsp3) is 0.421. The third kappa shape index (κ3) is 4.66. The third-order valence-electron chi connectivity index (χ3n) is 4.28. The highest BCUT2D eigenvalue weighted by atomic mass is 35.5. The first kappa shape index (κ1) is 21.3. The molecule has 2 aromatic heterocycles. The normalized spacial score (nSPS) is 11.0. The molecule has 1 aromatic carbocycles. The Bertz CT molecular complexity index is 933. The molecule has 3 aromatic rings. The summed E-state index contributed by atoms with van der Waals surface area (Å²) in [7, 11) is 4.00. The molecule has 8 heteroatoms. The summed E-state index contributed by atoms with van der Waals surface area (Å²) in [6.45, 7) is 8.13. The molecule has 0 N–H and O–H groups in total. The zero-order valence-corrected chi connectivity index (χ0v) is 18.0. The highest BCUT2D eigenvalue weighted by molar-refractivity contribution is 7.22. The van der Waals surface area contributed by atoms with Gasteiger partial charge in [0.15, 0.2) is 10.8 Å². The highest BCUT2D eigenvalue weighted by Crippen LogP contribution is 2.30. The number of thiazole rings is 1. The second-order valence-corrected chi connectivity index (χ2v) is 7.72. The van der Waals surface area contributed by atoms with Crippen LogP contribution < -0.4 is 4.90 Å². The molecule has 0 saturated carbocycles. The zero-order chi connectivity index (χ0) is 18.8. The van der Waals surface area contributed by atoms with Gasteiger partial charge in [0.25, 0.3) is 5.91 Å². The van der Waals surface area contributed by atoms with Gasteiger partial charge in [-0.1, -0.05) is 17.4 Å². The number of carbonyl (C=O) groups excluding carboxylic acids is 1.